The van der Waals surface area contributed by atoms with Crippen LogP contribution in [0.5, 0.6) is 5.75 Å². The zero-order chi connectivity index (χ0) is 32.9. The lowest BCUT2D eigenvalue weighted by molar-refractivity contribution is -0.192. The maximum atomic E-state index is 13.8. The molecule has 0 atom stereocenters. The molecule has 3 aliphatic rings. The first kappa shape index (κ1) is 34.8. The normalized spacial score (nSPS) is 18.2. The Hall–Kier alpha value is -3.10. The average Bonchev–Trinajstić information content (AvgIpc) is 3.46. The number of halogens is 3. The smallest absolute Gasteiger partial charge is 0.490 e. The number of amides is 1. The van der Waals surface area contributed by atoms with Gasteiger partial charge in [-0.15, -0.1) is 0 Å². The van der Waals surface area contributed by atoms with Crippen LogP contribution in [0.3, 0.4) is 0 Å². The molecule has 45 heavy (non-hydrogen) atoms. The van der Waals surface area contributed by atoms with Gasteiger partial charge in [0.25, 0.3) is 5.91 Å². The highest BCUT2D eigenvalue weighted by Crippen LogP contribution is 2.37. The molecule has 0 radical (unpaired) electrons. The molecule has 250 valence electrons. The fourth-order valence-electron chi connectivity index (χ4n) is 6.03. The van der Waals surface area contributed by atoms with E-state index in [-0.39, 0.29) is 18.5 Å². The fraction of sp³-hybridized carbons (Fsp3) is 0.613. The number of hydrogen-bond donors (Lipinski definition) is 1. The topological polar surface area (TPSA) is 121 Å². The third-order valence-corrected chi connectivity index (χ3v) is 10.8. The van der Waals surface area contributed by atoms with Crippen molar-refractivity contribution in [1.82, 2.24) is 14.1 Å². The van der Waals surface area contributed by atoms with E-state index in [1.54, 1.807) is 39.2 Å². The quantitative estimate of drug-likeness (QED) is 0.369. The summed E-state index contributed by atoms with van der Waals surface area (Å²) in [5.74, 6) is -0.968. The van der Waals surface area contributed by atoms with Gasteiger partial charge < -0.3 is 24.1 Å². The molecule has 3 heterocycles. The Morgan fingerprint density at radius 1 is 1.02 bits per heavy atom. The number of sulfonamides is 1. The molecule has 10 nitrogen and oxygen atoms in total. The van der Waals surface area contributed by atoms with Crippen molar-refractivity contribution in [1.29, 1.82) is 0 Å². The van der Waals surface area contributed by atoms with Crippen molar-refractivity contribution in [3.63, 3.8) is 0 Å². The predicted molar refractivity (Wildman–Crippen MR) is 160 cm³/mol. The second kappa shape index (κ2) is 14.5. The maximum Gasteiger partial charge on any atom is 0.490 e. The summed E-state index contributed by atoms with van der Waals surface area (Å²) >= 11 is 0. The lowest BCUT2D eigenvalue weighted by Gasteiger charge is -2.32. The highest BCUT2D eigenvalue weighted by atomic mass is 32.2. The Balaban J connectivity index is 0.000000591. The van der Waals surface area contributed by atoms with Crippen molar-refractivity contribution in [2.24, 2.45) is 5.92 Å². The van der Waals surface area contributed by atoms with E-state index >= 15 is 0 Å². The predicted octanol–water partition coefficient (Wildman–Crippen LogP) is 5.23. The molecule has 1 aromatic carbocycles. The zero-order valence-electron chi connectivity index (χ0n) is 25.9. The van der Waals surface area contributed by atoms with Crippen LogP contribution >= 0.6 is 0 Å². The molecule has 1 aromatic heterocycles. The van der Waals surface area contributed by atoms with Crippen molar-refractivity contribution in [2.75, 3.05) is 39.8 Å². The Bertz CT molecular complexity index is 1420. The SMILES string of the molecule is COc1cc(C)c(S(=O)(=O)N(Cc2cc(C(=O)N3CCC(CCN4CCCC4)CC3)co2)C2CC2)c(C)c1.O=C(O)C(F)(F)F. The number of carboxylic acid groups (broad SMARTS) is 1. The van der Waals surface area contributed by atoms with Crippen molar-refractivity contribution < 1.29 is 45.4 Å². The Morgan fingerprint density at radius 2 is 1.60 bits per heavy atom. The molecule has 1 N–H and O–H groups in total. The summed E-state index contributed by atoms with van der Waals surface area (Å²) < 4.78 is 71.9. The van der Waals surface area contributed by atoms with E-state index in [4.69, 9.17) is 19.1 Å². The van der Waals surface area contributed by atoms with Crippen molar-refractivity contribution in [3.8, 4) is 5.75 Å². The minimum Gasteiger partial charge on any atom is -0.497 e. The van der Waals surface area contributed by atoms with Gasteiger partial charge in [0.2, 0.25) is 10.0 Å². The van der Waals surface area contributed by atoms with Gasteiger partial charge in [-0.1, -0.05) is 0 Å². The number of aliphatic carboxylic acids is 1. The third-order valence-electron chi connectivity index (χ3n) is 8.60. The number of likely N-dealkylation sites (tertiary alicyclic amines) is 2. The van der Waals surface area contributed by atoms with Gasteiger partial charge in [0.15, 0.2) is 0 Å². The zero-order valence-corrected chi connectivity index (χ0v) is 26.8. The number of furan rings is 1. The van der Waals surface area contributed by atoms with E-state index < -0.39 is 22.2 Å². The second-order valence-corrected chi connectivity index (χ2v) is 13.9. The summed E-state index contributed by atoms with van der Waals surface area (Å²) in [4.78, 5) is 26.9. The number of alkyl halides is 3. The number of ether oxygens (including phenoxy) is 1. The van der Waals surface area contributed by atoms with Crippen LogP contribution in [0, 0.1) is 19.8 Å². The molecular formula is C31H42F3N3O7S. The van der Waals surface area contributed by atoms with Gasteiger partial charge in [-0.05, 0) is 114 Å². The minimum atomic E-state index is -5.08. The average molecular weight is 658 g/mol. The Kier molecular flexibility index (Phi) is 11.2. The molecule has 3 fully saturated rings. The number of carboxylic acids is 1. The van der Waals surface area contributed by atoms with E-state index in [9.17, 15) is 26.4 Å². The van der Waals surface area contributed by atoms with Crippen LogP contribution in [-0.2, 0) is 21.4 Å². The van der Waals surface area contributed by atoms with Gasteiger partial charge in [0.1, 0.15) is 17.8 Å². The lowest BCUT2D eigenvalue weighted by atomic mass is 9.93. The molecule has 0 bridgehead atoms. The van der Waals surface area contributed by atoms with Crippen LogP contribution in [-0.4, -0.2) is 91.6 Å². The molecule has 2 saturated heterocycles. The van der Waals surface area contributed by atoms with Gasteiger partial charge in [-0.25, -0.2) is 13.2 Å². The van der Waals surface area contributed by atoms with E-state index in [2.05, 4.69) is 4.90 Å². The molecule has 1 saturated carbocycles. The van der Waals surface area contributed by atoms with Crippen LogP contribution in [0.4, 0.5) is 13.2 Å². The van der Waals surface area contributed by atoms with Gasteiger partial charge >= 0.3 is 12.1 Å². The number of benzene rings is 1. The van der Waals surface area contributed by atoms with Crippen LogP contribution in [0.15, 0.2) is 33.8 Å². The molecule has 2 aromatic rings. The highest BCUT2D eigenvalue weighted by molar-refractivity contribution is 7.89. The summed E-state index contributed by atoms with van der Waals surface area (Å²) in [6.45, 7) is 8.89. The lowest BCUT2D eigenvalue weighted by Crippen LogP contribution is -2.39. The molecule has 0 spiro atoms. The number of piperidine rings is 1. The number of nitrogens with zero attached hydrogens (tertiary/aromatic N) is 3. The standard InChI is InChI=1S/C29H41N3O5S.C2HF3O2/c1-21-16-26(36-3)17-22(2)28(21)38(34,35)32(25-6-7-25)19-27-18-24(20-37-27)29(33)31-14-9-23(10-15-31)8-13-30-11-4-5-12-30;3-2(4,5)1(6)7/h16-18,20,23,25H,4-15,19H2,1-3H3;(H,6,7). The van der Waals surface area contributed by atoms with Gasteiger partial charge in [-0.3, -0.25) is 4.79 Å². The van der Waals surface area contributed by atoms with Crippen molar-refractivity contribution in [2.45, 2.75) is 82.5 Å². The Morgan fingerprint density at radius 3 is 2.11 bits per heavy atom. The fourth-order valence-corrected chi connectivity index (χ4v) is 8.10. The van der Waals surface area contributed by atoms with E-state index in [0.29, 0.717) is 39.0 Å². The number of hydrogen-bond acceptors (Lipinski definition) is 7. The van der Waals surface area contributed by atoms with Gasteiger partial charge in [0, 0.05) is 19.1 Å². The monoisotopic (exact) mass is 657 g/mol. The minimum absolute atomic E-state index is 0.0272. The van der Waals surface area contributed by atoms with E-state index in [1.807, 2.05) is 4.90 Å². The summed E-state index contributed by atoms with van der Waals surface area (Å²) in [6.07, 6.45) is 4.00. The molecule has 0 unspecified atom stereocenters. The second-order valence-electron chi connectivity index (χ2n) is 12.0. The van der Waals surface area contributed by atoms with Crippen LogP contribution in [0.2, 0.25) is 0 Å². The van der Waals surface area contributed by atoms with Crippen molar-refractivity contribution in [3.05, 3.63) is 46.9 Å². The van der Waals surface area contributed by atoms with Crippen LogP contribution < -0.4 is 4.74 Å². The summed E-state index contributed by atoms with van der Waals surface area (Å²) in [6, 6.07) is 5.18. The van der Waals surface area contributed by atoms with Gasteiger partial charge in [0.05, 0.1) is 24.1 Å². The van der Waals surface area contributed by atoms with Crippen molar-refractivity contribution >= 4 is 21.9 Å². The summed E-state index contributed by atoms with van der Waals surface area (Å²) in [7, 11) is -2.18. The Labute approximate surface area is 262 Å². The first-order valence-corrected chi connectivity index (χ1v) is 16.7. The largest absolute Gasteiger partial charge is 0.497 e. The van der Waals surface area contributed by atoms with E-state index in [0.717, 1.165) is 38.8 Å². The summed E-state index contributed by atoms with van der Waals surface area (Å²) in [5, 5.41) is 7.12. The number of rotatable bonds is 10. The molecule has 5 rings (SSSR count). The van der Waals surface area contributed by atoms with Crippen LogP contribution in [0.25, 0.3) is 0 Å². The molecule has 1 aliphatic carbocycles. The van der Waals surface area contributed by atoms with E-state index in [1.165, 1.54) is 49.5 Å². The third kappa shape index (κ3) is 9.01. The number of methoxy groups -OCH3 is 1. The molecule has 14 heteroatoms. The highest BCUT2D eigenvalue weighted by Gasteiger charge is 2.40. The molecule has 2 aliphatic heterocycles. The summed E-state index contributed by atoms with van der Waals surface area (Å²) in [5.41, 5.74) is 1.82. The maximum absolute atomic E-state index is 13.8. The van der Waals surface area contributed by atoms with Crippen LogP contribution in [0.1, 0.15) is 72.2 Å². The number of carbonyl (C=O) groups is 2. The van der Waals surface area contributed by atoms with Gasteiger partial charge in [-0.2, -0.15) is 17.5 Å². The first-order chi connectivity index (χ1) is 21.2. The molecule has 1 amide bonds. The first-order valence-electron chi connectivity index (χ1n) is 15.3. The molecular weight excluding hydrogens is 615 g/mol. The number of carbonyl (C=O) groups excluding carboxylic acids is 1. The number of aryl methyl sites for hydroxylation is 2.